The number of phenols is 1. The highest BCUT2D eigenvalue weighted by molar-refractivity contribution is 5.53. The number of aromatic hydroxyl groups is 1. The number of hydrogen-bond acceptors (Lipinski definition) is 6. The minimum atomic E-state index is -1.31. The number of methoxy groups -OCH3 is 2. The molecule has 0 unspecified atom stereocenters. The number of ether oxygens (including phenoxy) is 2. The van der Waals surface area contributed by atoms with Crippen molar-refractivity contribution in [1.29, 1.82) is 0 Å². The standard InChI is InChI=1S/C11H16O6/c1-16-8-3-6(10(14)7(13)5-12)4-9(17-2)11(8)15/h3-4,7,10,12-15H,5H2,1-2H3/t7-,10-/m1/s1. The zero-order valence-corrected chi connectivity index (χ0v) is 9.62. The van der Waals surface area contributed by atoms with Gasteiger partial charge in [-0.25, -0.2) is 0 Å². The van der Waals surface area contributed by atoms with Gasteiger partial charge >= 0.3 is 0 Å². The summed E-state index contributed by atoms with van der Waals surface area (Å²) in [6, 6.07) is 2.72. The van der Waals surface area contributed by atoms with Crippen LogP contribution in [0, 0.1) is 0 Å². The molecule has 2 atom stereocenters. The quantitative estimate of drug-likeness (QED) is 0.572. The van der Waals surface area contributed by atoms with Gasteiger partial charge in [0.1, 0.15) is 12.2 Å². The summed E-state index contributed by atoms with van der Waals surface area (Å²) in [5.74, 6) is 0.0384. The smallest absolute Gasteiger partial charge is 0.200 e. The molecule has 0 bridgehead atoms. The van der Waals surface area contributed by atoms with Crippen LogP contribution in [0.2, 0.25) is 0 Å². The van der Waals surface area contributed by atoms with Gasteiger partial charge in [-0.3, -0.25) is 0 Å². The zero-order valence-electron chi connectivity index (χ0n) is 9.62. The maximum absolute atomic E-state index is 9.72. The van der Waals surface area contributed by atoms with Gasteiger partial charge < -0.3 is 29.9 Å². The van der Waals surface area contributed by atoms with Gasteiger partial charge in [0, 0.05) is 0 Å². The van der Waals surface area contributed by atoms with Crippen molar-refractivity contribution in [3.05, 3.63) is 17.7 Å². The first-order valence-electron chi connectivity index (χ1n) is 4.97. The molecule has 0 saturated carbocycles. The van der Waals surface area contributed by atoms with Crippen LogP contribution in [-0.2, 0) is 0 Å². The average Bonchev–Trinajstić information content (AvgIpc) is 2.37. The summed E-state index contributed by atoms with van der Waals surface area (Å²) in [5, 5.41) is 37.4. The second-order valence-electron chi connectivity index (χ2n) is 3.47. The molecule has 0 aromatic heterocycles. The fourth-order valence-electron chi connectivity index (χ4n) is 1.41. The van der Waals surface area contributed by atoms with Gasteiger partial charge in [-0.05, 0) is 17.7 Å². The van der Waals surface area contributed by atoms with Gasteiger partial charge in [-0.1, -0.05) is 0 Å². The lowest BCUT2D eigenvalue weighted by molar-refractivity contribution is -0.0154. The third-order valence-corrected chi connectivity index (χ3v) is 2.40. The topological polar surface area (TPSA) is 99.4 Å². The highest BCUT2D eigenvalue weighted by Gasteiger charge is 2.21. The largest absolute Gasteiger partial charge is 0.502 e. The summed E-state index contributed by atoms with van der Waals surface area (Å²) in [4.78, 5) is 0. The molecule has 1 rings (SSSR count). The fraction of sp³-hybridized carbons (Fsp3) is 0.455. The van der Waals surface area contributed by atoms with E-state index in [2.05, 4.69) is 0 Å². The van der Waals surface area contributed by atoms with Crippen LogP contribution in [0.1, 0.15) is 11.7 Å². The van der Waals surface area contributed by atoms with E-state index in [9.17, 15) is 15.3 Å². The molecule has 0 amide bonds. The Bertz CT molecular complexity index is 353. The first-order valence-corrected chi connectivity index (χ1v) is 4.97. The molecule has 96 valence electrons. The summed E-state index contributed by atoms with van der Waals surface area (Å²) >= 11 is 0. The second-order valence-corrected chi connectivity index (χ2v) is 3.47. The fourth-order valence-corrected chi connectivity index (χ4v) is 1.41. The van der Waals surface area contributed by atoms with Crippen LogP contribution in [0.3, 0.4) is 0 Å². The van der Waals surface area contributed by atoms with E-state index in [1.807, 2.05) is 0 Å². The number of benzene rings is 1. The van der Waals surface area contributed by atoms with Crippen molar-refractivity contribution in [3.63, 3.8) is 0 Å². The molecular formula is C11H16O6. The highest BCUT2D eigenvalue weighted by Crippen LogP contribution is 2.39. The second kappa shape index (κ2) is 5.72. The lowest BCUT2D eigenvalue weighted by atomic mass is 10.0. The van der Waals surface area contributed by atoms with Crippen molar-refractivity contribution in [1.82, 2.24) is 0 Å². The van der Waals surface area contributed by atoms with E-state index in [1.165, 1.54) is 26.4 Å². The van der Waals surface area contributed by atoms with Gasteiger partial charge in [-0.2, -0.15) is 0 Å². The minimum absolute atomic E-state index is 0.114. The number of aliphatic hydroxyl groups excluding tert-OH is 3. The van der Waals surface area contributed by atoms with Crippen LogP contribution in [0.5, 0.6) is 17.2 Å². The molecule has 0 aliphatic heterocycles. The van der Waals surface area contributed by atoms with Gasteiger partial charge in [0.2, 0.25) is 5.75 Å². The molecule has 6 nitrogen and oxygen atoms in total. The Morgan fingerprint density at radius 2 is 1.59 bits per heavy atom. The molecule has 17 heavy (non-hydrogen) atoms. The minimum Gasteiger partial charge on any atom is -0.502 e. The maximum atomic E-state index is 9.72. The number of aliphatic hydroxyl groups is 3. The van der Waals surface area contributed by atoms with E-state index in [0.717, 1.165) is 0 Å². The first kappa shape index (κ1) is 13.6. The summed E-state index contributed by atoms with van der Waals surface area (Å²) in [6.07, 6.45) is -2.60. The summed E-state index contributed by atoms with van der Waals surface area (Å²) in [6.45, 7) is -0.577. The third-order valence-electron chi connectivity index (χ3n) is 2.40. The Morgan fingerprint density at radius 3 is 1.94 bits per heavy atom. The molecule has 4 N–H and O–H groups in total. The zero-order chi connectivity index (χ0) is 13.0. The summed E-state index contributed by atoms with van der Waals surface area (Å²) in [7, 11) is 2.71. The Morgan fingerprint density at radius 1 is 1.12 bits per heavy atom. The number of rotatable bonds is 5. The van der Waals surface area contributed by atoms with E-state index in [4.69, 9.17) is 14.6 Å². The van der Waals surface area contributed by atoms with Crippen LogP contribution < -0.4 is 9.47 Å². The molecule has 1 aromatic rings. The molecular weight excluding hydrogens is 228 g/mol. The molecule has 1 aromatic carbocycles. The third kappa shape index (κ3) is 2.79. The van der Waals surface area contributed by atoms with E-state index < -0.39 is 18.8 Å². The maximum Gasteiger partial charge on any atom is 0.200 e. The Hall–Kier alpha value is -1.50. The van der Waals surface area contributed by atoms with Crippen molar-refractivity contribution in [2.75, 3.05) is 20.8 Å². The van der Waals surface area contributed by atoms with Crippen molar-refractivity contribution < 1.29 is 29.9 Å². The van der Waals surface area contributed by atoms with Gasteiger partial charge in [0.15, 0.2) is 11.5 Å². The number of hydrogen-bond donors (Lipinski definition) is 4. The van der Waals surface area contributed by atoms with Gasteiger partial charge in [-0.15, -0.1) is 0 Å². The summed E-state index contributed by atoms with van der Waals surface area (Å²) < 4.78 is 9.81. The molecule has 0 spiro atoms. The summed E-state index contributed by atoms with van der Waals surface area (Å²) in [5.41, 5.74) is 0.276. The lowest BCUT2D eigenvalue weighted by Crippen LogP contribution is -2.22. The van der Waals surface area contributed by atoms with Crippen LogP contribution in [0.25, 0.3) is 0 Å². The molecule has 0 radical (unpaired) electrons. The molecule has 6 heteroatoms. The van der Waals surface area contributed by atoms with Crippen molar-refractivity contribution in [3.8, 4) is 17.2 Å². The molecule has 0 aliphatic rings. The molecule has 0 fully saturated rings. The predicted octanol–water partition coefficient (Wildman–Crippen LogP) is -0.204. The Balaban J connectivity index is 3.17. The predicted molar refractivity (Wildman–Crippen MR) is 59.3 cm³/mol. The highest BCUT2D eigenvalue weighted by atomic mass is 16.5. The van der Waals surface area contributed by atoms with Crippen LogP contribution in [-0.4, -0.2) is 47.4 Å². The monoisotopic (exact) mass is 244 g/mol. The lowest BCUT2D eigenvalue weighted by Gasteiger charge is -2.18. The van der Waals surface area contributed by atoms with Gasteiger partial charge in [0.25, 0.3) is 0 Å². The Labute approximate surface area is 98.7 Å². The first-order chi connectivity index (χ1) is 8.04. The molecule has 0 heterocycles. The number of phenolic OH excluding ortho intramolecular Hbond substituents is 1. The van der Waals surface area contributed by atoms with Crippen LogP contribution in [0.4, 0.5) is 0 Å². The average molecular weight is 244 g/mol. The Kier molecular flexibility index (Phi) is 4.56. The van der Waals surface area contributed by atoms with E-state index in [0.29, 0.717) is 0 Å². The van der Waals surface area contributed by atoms with Crippen molar-refractivity contribution >= 4 is 0 Å². The van der Waals surface area contributed by atoms with E-state index in [1.54, 1.807) is 0 Å². The van der Waals surface area contributed by atoms with E-state index >= 15 is 0 Å². The van der Waals surface area contributed by atoms with Crippen molar-refractivity contribution in [2.45, 2.75) is 12.2 Å². The molecule has 0 saturated heterocycles. The van der Waals surface area contributed by atoms with Crippen molar-refractivity contribution in [2.24, 2.45) is 0 Å². The van der Waals surface area contributed by atoms with E-state index in [-0.39, 0.29) is 22.8 Å². The van der Waals surface area contributed by atoms with Gasteiger partial charge in [0.05, 0.1) is 20.8 Å². The van der Waals surface area contributed by atoms with Crippen LogP contribution in [0.15, 0.2) is 12.1 Å². The molecule has 0 aliphatic carbocycles. The SMILES string of the molecule is COc1cc([C@@H](O)[C@H](O)CO)cc(OC)c1O. The normalized spacial score (nSPS) is 14.2. The van der Waals surface area contributed by atoms with Crippen LogP contribution >= 0.6 is 0 Å².